The highest BCUT2D eigenvalue weighted by Crippen LogP contribution is 2.28. The van der Waals surface area contributed by atoms with Gasteiger partial charge in [-0.3, -0.25) is 5.32 Å². The lowest BCUT2D eigenvalue weighted by molar-refractivity contribution is 0.0759. The second-order valence-corrected chi connectivity index (χ2v) is 6.18. The number of hydrogen-bond donors (Lipinski definition) is 2. The van der Waals surface area contributed by atoms with Crippen LogP contribution in [0.15, 0.2) is 24.4 Å². The molecule has 8 nitrogen and oxygen atoms in total. The third-order valence-corrected chi connectivity index (χ3v) is 4.08. The summed E-state index contributed by atoms with van der Waals surface area (Å²) in [4.78, 5) is 29.4. The number of amides is 3. The van der Waals surface area contributed by atoms with Crippen LogP contribution in [0.2, 0.25) is 5.02 Å². The predicted octanol–water partition coefficient (Wildman–Crippen LogP) is 3.24. The van der Waals surface area contributed by atoms with Crippen molar-refractivity contribution in [1.82, 2.24) is 15.2 Å². The van der Waals surface area contributed by atoms with E-state index in [1.54, 1.807) is 32.5 Å². The topological polar surface area (TPSA) is 92.8 Å². The first-order valence-corrected chi connectivity index (χ1v) is 8.82. The fourth-order valence-corrected chi connectivity index (χ4v) is 2.65. The maximum absolute atomic E-state index is 12.0. The Hall–Kier alpha value is -2.58. The maximum Gasteiger partial charge on any atom is 0.409 e. The first kappa shape index (κ1) is 20.7. The van der Waals surface area contributed by atoms with Gasteiger partial charge in [0.15, 0.2) is 0 Å². The average Bonchev–Trinajstić information content (AvgIpc) is 2.64. The van der Waals surface area contributed by atoms with Gasteiger partial charge in [0.05, 0.1) is 6.61 Å². The lowest BCUT2D eigenvalue weighted by Gasteiger charge is -2.18. The third kappa shape index (κ3) is 5.70. The third-order valence-electron chi connectivity index (χ3n) is 3.75. The number of carbonyl (C=O) groups is 2. The molecular weight excluding hydrogens is 372 g/mol. The molecule has 9 heteroatoms. The molecule has 1 aromatic carbocycles. The molecule has 0 fully saturated rings. The number of nitrogens with zero attached hydrogens (tertiary/aromatic N) is 2. The zero-order valence-corrected chi connectivity index (χ0v) is 16.3. The predicted molar refractivity (Wildman–Crippen MR) is 104 cm³/mol. The summed E-state index contributed by atoms with van der Waals surface area (Å²) < 4.78 is 9.97. The minimum atomic E-state index is -0.447. The van der Waals surface area contributed by atoms with Gasteiger partial charge in [0.1, 0.15) is 12.4 Å². The number of urea groups is 1. The van der Waals surface area contributed by atoms with Crippen LogP contribution in [0, 0.1) is 0 Å². The Bertz CT molecular complexity index is 815. The Kier molecular flexibility index (Phi) is 7.63. The molecule has 0 aliphatic heterocycles. The Morgan fingerprint density at radius 3 is 2.74 bits per heavy atom. The summed E-state index contributed by atoms with van der Waals surface area (Å²) in [6.45, 7) is 3.20. The summed E-state index contributed by atoms with van der Waals surface area (Å²) in [6.07, 6.45) is 1.18. The van der Waals surface area contributed by atoms with Gasteiger partial charge in [-0.15, -0.1) is 0 Å². The maximum atomic E-state index is 12.0. The Labute approximate surface area is 162 Å². The number of pyridine rings is 1. The van der Waals surface area contributed by atoms with Crippen LogP contribution >= 0.6 is 11.6 Å². The number of benzene rings is 1. The summed E-state index contributed by atoms with van der Waals surface area (Å²) in [5.74, 6) is 0.389. The molecule has 0 aliphatic rings. The fraction of sp³-hybridized carbons (Fsp3) is 0.389. The van der Waals surface area contributed by atoms with E-state index in [0.29, 0.717) is 30.5 Å². The molecule has 146 valence electrons. The lowest BCUT2D eigenvalue weighted by atomic mass is 10.1. The highest BCUT2D eigenvalue weighted by molar-refractivity contribution is 6.35. The summed E-state index contributed by atoms with van der Waals surface area (Å²) in [5.41, 5.74) is 0.859. The molecule has 0 saturated heterocycles. The van der Waals surface area contributed by atoms with E-state index >= 15 is 0 Å². The first-order chi connectivity index (χ1) is 13.0. The number of hydrogen-bond acceptors (Lipinski definition) is 5. The number of aromatic nitrogens is 1. The number of ether oxygens (including phenoxy) is 2. The molecule has 2 N–H and O–H groups in total. The molecule has 0 spiro atoms. The van der Waals surface area contributed by atoms with Gasteiger partial charge in [-0.1, -0.05) is 17.7 Å². The normalized spacial score (nSPS) is 10.5. The van der Waals surface area contributed by atoms with Crippen molar-refractivity contribution in [1.29, 1.82) is 0 Å². The van der Waals surface area contributed by atoms with E-state index < -0.39 is 6.09 Å². The van der Waals surface area contributed by atoms with Gasteiger partial charge in [-0.25, -0.2) is 14.6 Å². The molecule has 2 aromatic rings. The first-order valence-electron chi connectivity index (χ1n) is 8.45. The van der Waals surface area contributed by atoms with Crippen LogP contribution in [0.25, 0.3) is 10.8 Å². The van der Waals surface area contributed by atoms with E-state index in [2.05, 4.69) is 15.6 Å². The fourth-order valence-electron chi connectivity index (χ4n) is 2.43. The quantitative estimate of drug-likeness (QED) is 0.703. The minimum absolute atomic E-state index is 0.192. The second kappa shape index (κ2) is 9.94. The van der Waals surface area contributed by atoms with Crippen molar-refractivity contribution < 1.29 is 19.1 Å². The number of carbonyl (C=O) groups excluding carboxylic acids is 2. The lowest BCUT2D eigenvalue weighted by Crippen LogP contribution is -2.28. The molecule has 1 heterocycles. The molecule has 0 atom stereocenters. The number of nitrogens with one attached hydrogen (secondary N) is 2. The van der Waals surface area contributed by atoms with Crippen LogP contribution in [-0.4, -0.2) is 55.9 Å². The van der Waals surface area contributed by atoms with E-state index in [-0.39, 0.29) is 12.6 Å². The van der Waals surface area contributed by atoms with Gasteiger partial charge in [-0.2, -0.15) is 0 Å². The second-order valence-electron chi connectivity index (χ2n) is 5.77. The summed E-state index contributed by atoms with van der Waals surface area (Å²) in [6, 6.07) is 4.95. The van der Waals surface area contributed by atoms with Gasteiger partial charge in [0.25, 0.3) is 0 Å². The molecule has 0 saturated carbocycles. The van der Waals surface area contributed by atoms with Crippen LogP contribution in [0.1, 0.15) is 12.5 Å². The molecule has 0 bridgehead atoms. The van der Waals surface area contributed by atoms with Gasteiger partial charge in [0, 0.05) is 49.2 Å². The standard InChI is InChI=1S/C18H23ClN4O4/c1-4-20-17(24)22-16-9-13-14(10-21-16)12(5-6-15(13)19)11-23(2)18(25)27-8-7-26-3/h5-6,9-10H,4,7-8,11H2,1-3H3,(H2,20,21,22,24). The number of anilines is 1. The molecule has 3 amide bonds. The monoisotopic (exact) mass is 394 g/mol. The Morgan fingerprint density at radius 1 is 1.26 bits per heavy atom. The van der Waals surface area contributed by atoms with Crippen molar-refractivity contribution in [2.45, 2.75) is 13.5 Å². The minimum Gasteiger partial charge on any atom is -0.447 e. The van der Waals surface area contributed by atoms with Gasteiger partial charge >= 0.3 is 12.1 Å². The van der Waals surface area contributed by atoms with Crippen LogP contribution in [0.4, 0.5) is 15.4 Å². The van der Waals surface area contributed by atoms with Crippen molar-refractivity contribution in [3.63, 3.8) is 0 Å². The zero-order chi connectivity index (χ0) is 19.8. The molecule has 0 radical (unpaired) electrons. The van der Waals surface area contributed by atoms with Gasteiger partial charge in [-0.05, 0) is 24.6 Å². The molecular formula is C18H23ClN4O4. The molecule has 0 unspecified atom stereocenters. The van der Waals surface area contributed by atoms with Crippen molar-refractivity contribution in [2.24, 2.45) is 0 Å². The SMILES string of the molecule is CCNC(=O)Nc1cc2c(Cl)ccc(CN(C)C(=O)OCCOC)c2cn1. The van der Waals surface area contributed by atoms with E-state index in [4.69, 9.17) is 21.1 Å². The smallest absolute Gasteiger partial charge is 0.409 e. The van der Waals surface area contributed by atoms with Crippen molar-refractivity contribution in [2.75, 3.05) is 39.2 Å². The Balaban J connectivity index is 2.19. The van der Waals surface area contributed by atoms with Gasteiger partial charge in [0.2, 0.25) is 0 Å². The van der Waals surface area contributed by atoms with Crippen LogP contribution in [-0.2, 0) is 16.0 Å². The van der Waals surface area contributed by atoms with Crippen molar-refractivity contribution in [3.05, 3.63) is 35.0 Å². The molecule has 2 rings (SSSR count). The zero-order valence-electron chi connectivity index (χ0n) is 15.5. The van der Waals surface area contributed by atoms with Crippen molar-refractivity contribution in [3.8, 4) is 0 Å². The van der Waals surface area contributed by atoms with E-state index in [1.807, 2.05) is 13.0 Å². The van der Waals surface area contributed by atoms with Crippen molar-refractivity contribution >= 4 is 40.3 Å². The summed E-state index contributed by atoms with van der Waals surface area (Å²) in [7, 11) is 3.19. The highest BCUT2D eigenvalue weighted by atomic mass is 35.5. The van der Waals surface area contributed by atoms with E-state index in [1.165, 1.54) is 4.90 Å². The van der Waals surface area contributed by atoms with Crippen LogP contribution in [0.3, 0.4) is 0 Å². The Morgan fingerprint density at radius 2 is 2.04 bits per heavy atom. The molecule has 0 aliphatic carbocycles. The van der Waals surface area contributed by atoms with Crippen LogP contribution in [0.5, 0.6) is 0 Å². The summed E-state index contributed by atoms with van der Waals surface area (Å²) in [5, 5.41) is 7.34. The van der Waals surface area contributed by atoms with Gasteiger partial charge < -0.3 is 19.7 Å². The largest absolute Gasteiger partial charge is 0.447 e. The van der Waals surface area contributed by atoms with E-state index in [0.717, 1.165) is 16.3 Å². The highest BCUT2D eigenvalue weighted by Gasteiger charge is 2.14. The molecule has 1 aromatic heterocycles. The number of rotatable bonds is 7. The average molecular weight is 395 g/mol. The van der Waals surface area contributed by atoms with E-state index in [9.17, 15) is 9.59 Å². The number of fused-ring (bicyclic) bond motifs is 1. The number of methoxy groups -OCH3 is 1. The van der Waals surface area contributed by atoms with Crippen LogP contribution < -0.4 is 10.6 Å². The molecule has 27 heavy (non-hydrogen) atoms. The number of halogens is 1. The summed E-state index contributed by atoms with van der Waals surface area (Å²) >= 11 is 6.31.